The third-order valence-corrected chi connectivity index (χ3v) is 4.15. The summed E-state index contributed by atoms with van der Waals surface area (Å²) >= 11 is 1.65. The van der Waals surface area contributed by atoms with Gasteiger partial charge in [-0.15, -0.1) is 11.3 Å². The Morgan fingerprint density at radius 2 is 2.44 bits per heavy atom. The lowest BCUT2D eigenvalue weighted by atomic mass is 10.2. The number of urea groups is 1. The number of hydrogen-bond acceptors (Lipinski definition) is 4. The van der Waals surface area contributed by atoms with Crippen molar-refractivity contribution in [2.24, 2.45) is 0 Å². The average molecular weight is 268 g/mol. The van der Waals surface area contributed by atoms with Crippen LogP contribution in [0.4, 0.5) is 4.79 Å². The van der Waals surface area contributed by atoms with Crippen molar-refractivity contribution < 1.29 is 14.3 Å². The first-order valence-corrected chi connectivity index (χ1v) is 6.66. The van der Waals surface area contributed by atoms with E-state index in [1.165, 1.54) is 17.6 Å². The number of nitrogens with zero attached hydrogens (tertiary/aromatic N) is 1. The summed E-state index contributed by atoms with van der Waals surface area (Å²) in [4.78, 5) is 25.7. The summed E-state index contributed by atoms with van der Waals surface area (Å²) in [6.45, 7) is 3.05. The topological polar surface area (TPSA) is 58.6 Å². The number of esters is 1. The molecule has 6 heteroatoms. The van der Waals surface area contributed by atoms with Crippen molar-refractivity contribution in [3.05, 3.63) is 21.9 Å². The van der Waals surface area contributed by atoms with Crippen LogP contribution in [-0.4, -0.2) is 37.1 Å². The SMILES string of the molecule is COC(=O)CCN1CC(c2sccc2C)NC1=O. The third-order valence-electron chi connectivity index (χ3n) is 3.02. The minimum absolute atomic E-state index is 0.0372. The number of thiophene rings is 1. The maximum atomic E-state index is 11.8. The summed E-state index contributed by atoms with van der Waals surface area (Å²) < 4.78 is 4.57. The number of amides is 2. The summed E-state index contributed by atoms with van der Waals surface area (Å²) in [6.07, 6.45) is 0.236. The number of carbonyl (C=O) groups is 2. The summed E-state index contributed by atoms with van der Waals surface area (Å²) in [5.41, 5.74) is 1.19. The van der Waals surface area contributed by atoms with Crippen molar-refractivity contribution in [1.29, 1.82) is 0 Å². The molecule has 0 aromatic carbocycles. The maximum Gasteiger partial charge on any atom is 0.318 e. The number of nitrogens with one attached hydrogen (secondary N) is 1. The first kappa shape index (κ1) is 12.9. The summed E-state index contributed by atoms with van der Waals surface area (Å²) in [6, 6.07) is 1.97. The minimum Gasteiger partial charge on any atom is -0.469 e. The first-order valence-electron chi connectivity index (χ1n) is 5.78. The standard InChI is InChI=1S/C12H16N2O3S/c1-8-4-6-18-11(8)9-7-14(12(16)13-9)5-3-10(15)17-2/h4,6,9H,3,5,7H2,1-2H3,(H,13,16). The fourth-order valence-corrected chi connectivity index (χ4v) is 2.97. The van der Waals surface area contributed by atoms with E-state index in [1.807, 2.05) is 18.4 Å². The van der Waals surface area contributed by atoms with Crippen LogP contribution in [0.15, 0.2) is 11.4 Å². The number of hydrogen-bond donors (Lipinski definition) is 1. The molecule has 98 valence electrons. The predicted octanol–water partition coefficient (Wildman–Crippen LogP) is 1.69. The van der Waals surface area contributed by atoms with Gasteiger partial charge >= 0.3 is 12.0 Å². The zero-order valence-electron chi connectivity index (χ0n) is 10.4. The van der Waals surface area contributed by atoms with E-state index >= 15 is 0 Å². The molecule has 1 aromatic heterocycles. The Labute approximate surface area is 110 Å². The van der Waals surface area contributed by atoms with E-state index in [1.54, 1.807) is 16.2 Å². The van der Waals surface area contributed by atoms with Gasteiger partial charge in [-0.25, -0.2) is 4.79 Å². The molecule has 1 atom stereocenters. The molecule has 1 N–H and O–H groups in total. The highest BCUT2D eigenvalue weighted by atomic mass is 32.1. The average Bonchev–Trinajstić information content (AvgIpc) is 2.92. The van der Waals surface area contributed by atoms with Gasteiger partial charge in [-0.3, -0.25) is 4.79 Å². The lowest BCUT2D eigenvalue weighted by molar-refractivity contribution is -0.140. The highest BCUT2D eigenvalue weighted by molar-refractivity contribution is 7.10. The Balaban J connectivity index is 1.95. The van der Waals surface area contributed by atoms with Gasteiger partial charge in [0.2, 0.25) is 0 Å². The second-order valence-electron chi connectivity index (χ2n) is 4.24. The molecule has 1 aliphatic rings. The number of carbonyl (C=O) groups excluding carboxylic acids is 2. The van der Waals surface area contributed by atoms with Gasteiger partial charge in [0.15, 0.2) is 0 Å². The molecule has 0 saturated carbocycles. The third kappa shape index (κ3) is 2.64. The summed E-state index contributed by atoms with van der Waals surface area (Å²) in [5, 5.41) is 4.96. The molecule has 2 heterocycles. The second kappa shape index (κ2) is 5.39. The second-order valence-corrected chi connectivity index (χ2v) is 5.19. The zero-order chi connectivity index (χ0) is 13.1. The van der Waals surface area contributed by atoms with Gasteiger partial charge in [-0.1, -0.05) is 0 Å². The van der Waals surface area contributed by atoms with E-state index in [-0.39, 0.29) is 24.5 Å². The molecule has 0 bridgehead atoms. The summed E-state index contributed by atoms with van der Waals surface area (Å²) in [7, 11) is 1.35. The molecule has 1 fully saturated rings. The molecular weight excluding hydrogens is 252 g/mol. The maximum absolute atomic E-state index is 11.8. The van der Waals surface area contributed by atoms with Crippen LogP contribution in [0, 0.1) is 6.92 Å². The van der Waals surface area contributed by atoms with Gasteiger partial charge < -0.3 is 15.0 Å². The number of methoxy groups -OCH3 is 1. The van der Waals surface area contributed by atoms with E-state index < -0.39 is 0 Å². The Bertz CT molecular complexity index is 458. The molecule has 1 aliphatic heterocycles. The van der Waals surface area contributed by atoms with Crippen LogP contribution in [0.2, 0.25) is 0 Å². The molecule has 0 radical (unpaired) electrons. The van der Waals surface area contributed by atoms with Gasteiger partial charge in [-0.05, 0) is 23.9 Å². The highest BCUT2D eigenvalue weighted by Gasteiger charge is 2.31. The van der Waals surface area contributed by atoms with Crippen molar-refractivity contribution >= 4 is 23.3 Å². The van der Waals surface area contributed by atoms with Crippen LogP contribution in [0.5, 0.6) is 0 Å². The molecule has 1 unspecified atom stereocenters. The number of aryl methyl sites for hydroxylation is 1. The van der Waals surface area contributed by atoms with Gasteiger partial charge in [0, 0.05) is 18.0 Å². The van der Waals surface area contributed by atoms with Crippen molar-refractivity contribution in [2.75, 3.05) is 20.2 Å². The van der Waals surface area contributed by atoms with Crippen molar-refractivity contribution in [3.63, 3.8) is 0 Å². The predicted molar refractivity (Wildman–Crippen MR) is 68.5 cm³/mol. The van der Waals surface area contributed by atoms with E-state index in [0.717, 1.165) is 0 Å². The lowest BCUT2D eigenvalue weighted by Crippen LogP contribution is -2.30. The molecule has 5 nitrogen and oxygen atoms in total. The van der Waals surface area contributed by atoms with Crippen LogP contribution in [0.3, 0.4) is 0 Å². The molecule has 0 spiro atoms. The number of ether oxygens (including phenoxy) is 1. The molecule has 1 saturated heterocycles. The quantitative estimate of drug-likeness (QED) is 0.845. The summed E-state index contributed by atoms with van der Waals surface area (Å²) in [5.74, 6) is -0.293. The normalized spacial score (nSPS) is 18.9. The molecule has 1 aromatic rings. The first-order chi connectivity index (χ1) is 8.61. The van der Waals surface area contributed by atoms with Crippen LogP contribution in [0.25, 0.3) is 0 Å². The minimum atomic E-state index is -0.293. The van der Waals surface area contributed by atoms with Crippen molar-refractivity contribution in [3.8, 4) is 0 Å². The van der Waals surface area contributed by atoms with Crippen LogP contribution < -0.4 is 5.32 Å². The Morgan fingerprint density at radius 3 is 3.06 bits per heavy atom. The van der Waals surface area contributed by atoms with Crippen LogP contribution in [-0.2, 0) is 9.53 Å². The van der Waals surface area contributed by atoms with E-state index in [9.17, 15) is 9.59 Å². The largest absolute Gasteiger partial charge is 0.469 e. The lowest BCUT2D eigenvalue weighted by Gasteiger charge is -2.13. The fourth-order valence-electron chi connectivity index (χ4n) is 2.00. The molecule has 0 aliphatic carbocycles. The number of rotatable bonds is 4. The fraction of sp³-hybridized carbons (Fsp3) is 0.500. The molecule has 2 rings (SSSR count). The van der Waals surface area contributed by atoms with Gasteiger partial charge in [0.05, 0.1) is 19.6 Å². The zero-order valence-corrected chi connectivity index (χ0v) is 11.3. The highest BCUT2D eigenvalue weighted by Crippen LogP contribution is 2.27. The van der Waals surface area contributed by atoms with E-state index in [2.05, 4.69) is 10.1 Å². The van der Waals surface area contributed by atoms with Gasteiger partial charge in [0.25, 0.3) is 0 Å². The molecular formula is C12H16N2O3S. The van der Waals surface area contributed by atoms with E-state index in [4.69, 9.17) is 0 Å². The Hall–Kier alpha value is -1.56. The van der Waals surface area contributed by atoms with Crippen LogP contribution in [0.1, 0.15) is 22.9 Å². The molecule has 18 heavy (non-hydrogen) atoms. The van der Waals surface area contributed by atoms with Crippen LogP contribution >= 0.6 is 11.3 Å². The monoisotopic (exact) mass is 268 g/mol. The van der Waals surface area contributed by atoms with Crippen molar-refractivity contribution in [1.82, 2.24) is 10.2 Å². The van der Waals surface area contributed by atoms with E-state index in [0.29, 0.717) is 13.1 Å². The van der Waals surface area contributed by atoms with Gasteiger partial charge in [-0.2, -0.15) is 0 Å². The van der Waals surface area contributed by atoms with Gasteiger partial charge in [0.1, 0.15) is 0 Å². The Morgan fingerprint density at radius 1 is 1.67 bits per heavy atom. The van der Waals surface area contributed by atoms with Crippen molar-refractivity contribution in [2.45, 2.75) is 19.4 Å². The Kier molecular flexibility index (Phi) is 3.86. The smallest absolute Gasteiger partial charge is 0.318 e. The molecule has 2 amide bonds.